The molecule has 1 saturated heterocycles. The van der Waals surface area contributed by atoms with Crippen LogP contribution in [-0.2, 0) is 0 Å². The largest absolute Gasteiger partial charge is 0.364 e. The number of aromatic nitrogens is 2. The van der Waals surface area contributed by atoms with Gasteiger partial charge in [0.25, 0.3) is 0 Å². The number of likely N-dealkylation sites (tertiary alicyclic amines) is 1. The second-order valence-corrected chi connectivity index (χ2v) is 9.30. The fourth-order valence-electron chi connectivity index (χ4n) is 4.96. The molecule has 7 heteroatoms. The van der Waals surface area contributed by atoms with Gasteiger partial charge in [0.1, 0.15) is 23.6 Å². The number of nitrogens with one attached hydrogen (secondary N) is 3. The lowest BCUT2D eigenvalue weighted by atomic mass is 9.84. The number of aryl methyl sites for hydroxylation is 2. The van der Waals surface area contributed by atoms with Crippen molar-refractivity contribution in [2.45, 2.75) is 57.7 Å². The van der Waals surface area contributed by atoms with Crippen molar-refractivity contribution >= 4 is 23.5 Å². The summed E-state index contributed by atoms with van der Waals surface area (Å²) in [4.78, 5) is 11.3. The molecule has 180 valence electrons. The van der Waals surface area contributed by atoms with Gasteiger partial charge in [-0.05, 0) is 69.3 Å². The Kier molecular flexibility index (Phi) is 7.73. The maximum atomic E-state index is 15.3. The van der Waals surface area contributed by atoms with Gasteiger partial charge in [-0.1, -0.05) is 18.2 Å². The zero-order valence-electron chi connectivity index (χ0n) is 20.1. The van der Waals surface area contributed by atoms with E-state index in [2.05, 4.69) is 44.2 Å². The third-order valence-corrected chi connectivity index (χ3v) is 6.71. The average Bonchev–Trinajstić information content (AvgIpc) is 3.31. The Balaban J connectivity index is 1.56. The van der Waals surface area contributed by atoms with E-state index in [9.17, 15) is 0 Å². The molecule has 2 aromatic rings. The molecule has 34 heavy (non-hydrogen) atoms. The Bertz CT molecular complexity index is 1070. The summed E-state index contributed by atoms with van der Waals surface area (Å²) in [7, 11) is 0. The van der Waals surface area contributed by atoms with Crippen LogP contribution < -0.4 is 10.6 Å². The van der Waals surface area contributed by atoms with Gasteiger partial charge in [0.05, 0.1) is 0 Å². The average molecular weight is 463 g/mol. The van der Waals surface area contributed by atoms with E-state index in [4.69, 9.17) is 5.41 Å². The van der Waals surface area contributed by atoms with Gasteiger partial charge in [-0.2, -0.15) is 0 Å². The Morgan fingerprint density at radius 3 is 2.74 bits per heavy atom. The van der Waals surface area contributed by atoms with Crippen molar-refractivity contribution in [2.75, 3.05) is 30.3 Å². The smallest absolute Gasteiger partial charge is 0.136 e. The summed E-state index contributed by atoms with van der Waals surface area (Å²) in [5, 5.41) is 14.8. The van der Waals surface area contributed by atoms with Crippen molar-refractivity contribution < 1.29 is 4.39 Å². The highest BCUT2D eigenvalue weighted by Gasteiger charge is 2.31. The summed E-state index contributed by atoms with van der Waals surface area (Å²) >= 11 is 0. The van der Waals surface area contributed by atoms with Crippen molar-refractivity contribution in [1.82, 2.24) is 14.9 Å². The van der Waals surface area contributed by atoms with Crippen molar-refractivity contribution in [2.24, 2.45) is 0 Å². The molecule has 0 radical (unpaired) electrons. The van der Waals surface area contributed by atoms with Crippen LogP contribution in [0.4, 0.5) is 21.7 Å². The predicted octanol–water partition coefficient (Wildman–Crippen LogP) is 5.67. The second-order valence-electron chi connectivity index (χ2n) is 9.30. The number of benzene rings is 1. The molecule has 2 heterocycles. The maximum Gasteiger partial charge on any atom is 0.136 e. The first-order valence-electron chi connectivity index (χ1n) is 12.1. The zero-order chi connectivity index (χ0) is 24.1. The number of rotatable bonds is 9. The highest BCUT2D eigenvalue weighted by atomic mass is 19.1. The number of anilines is 3. The first-order valence-corrected chi connectivity index (χ1v) is 12.1. The van der Waals surface area contributed by atoms with Gasteiger partial charge in [0.2, 0.25) is 0 Å². The molecule has 1 fully saturated rings. The minimum absolute atomic E-state index is 0.154. The van der Waals surface area contributed by atoms with Gasteiger partial charge < -0.3 is 20.9 Å². The Hall–Kier alpha value is -3.06. The number of alkyl halides is 1. The number of halogens is 1. The minimum Gasteiger partial charge on any atom is -0.364 e. The SMILES string of the molecule is C=CCCN1CCC(c2cc(Nc3cc(NC4C=CCC4)nc(C)n3)c(C=N)cc2C)C(F)C1. The molecule has 1 aliphatic heterocycles. The van der Waals surface area contributed by atoms with Gasteiger partial charge in [-0.3, -0.25) is 0 Å². The molecule has 0 bridgehead atoms. The maximum absolute atomic E-state index is 15.3. The third-order valence-electron chi connectivity index (χ3n) is 6.71. The molecule has 3 atom stereocenters. The van der Waals surface area contributed by atoms with E-state index < -0.39 is 6.17 Å². The van der Waals surface area contributed by atoms with Crippen molar-refractivity contribution in [3.63, 3.8) is 0 Å². The van der Waals surface area contributed by atoms with Gasteiger partial charge >= 0.3 is 0 Å². The molecule has 0 spiro atoms. The predicted molar refractivity (Wildman–Crippen MR) is 138 cm³/mol. The van der Waals surface area contributed by atoms with E-state index in [1.54, 1.807) is 0 Å². The summed E-state index contributed by atoms with van der Waals surface area (Å²) < 4.78 is 15.3. The quantitative estimate of drug-likeness (QED) is 0.331. The molecule has 1 aliphatic carbocycles. The van der Waals surface area contributed by atoms with Gasteiger partial charge in [-0.15, -0.1) is 6.58 Å². The number of hydrogen-bond acceptors (Lipinski definition) is 6. The summed E-state index contributed by atoms with van der Waals surface area (Å²) in [6.45, 7) is 9.83. The lowest BCUT2D eigenvalue weighted by Gasteiger charge is -2.35. The number of piperidine rings is 1. The van der Waals surface area contributed by atoms with E-state index in [0.717, 1.165) is 67.0 Å². The second kappa shape index (κ2) is 10.9. The van der Waals surface area contributed by atoms with Gasteiger partial charge in [0, 0.05) is 48.6 Å². The molecule has 1 aromatic carbocycles. The van der Waals surface area contributed by atoms with Gasteiger partial charge in [0.15, 0.2) is 0 Å². The monoisotopic (exact) mass is 462 g/mol. The summed E-state index contributed by atoms with van der Waals surface area (Å²) in [6.07, 6.45) is 10.4. The first kappa shape index (κ1) is 24.1. The van der Waals surface area contributed by atoms with Crippen LogP contribution in [0.2, 0.25) is 0 Å². The minimum atomic E-state index is -0.924. The lowest BCUT2D eigenvalue weighted by Crippen LogP contribution is -2.41. The molecular weight excluding hydrogens is 427 g/mol. The summed E-state index contributed by atoms with van der Waals surface area (Å²) in [5.74, 6) is 1.93. The fourth-order valence-corrected chi connectivity index (χ4v) is 4.96. The van der Waals surface area contributed by atoms with E-state index >= 15 is 4.39 Å². The number of allylic oxidation sites excluding steroid dienone is 1. The third kappa shape index (κ3) is 5.70. The molecule has 0 saturated carbocycles. The number of nitrogens with zero attached hydrogens (tertiary/aromatic N) is 3. The fraction of sp³-hybridized carbons (Fsp3) is 0.444. The molecule has 6 nitrogen and oxygen atoms in total. The Labute approximate surface area is 201 Å². The normalized spacial score (nSPS) is 22.5. The van der Waals surface area contributed by atoms with Crippen LogP contribution in [0.5, 0.6) is 0 Å². The topological polar surface area (TPSA) is 76.9 Å². The van der Waals surface area contributed by atoms with Crippen molar-refractivity contribution in [3.05, 3.63) is 65.5 Å². The van der Waals surface area contributed by atoms with Crippen LogP contribution in [0.25, 0.3) is 0 Å². The van der Waals surface area contributed by atoms with E-state index in [1.165, 1.54) is 6.21 Å². The van der Waals surface area contributed by atoms with E-state index in [1.807, 2.05) is 38.1 Å². The first-order chi connectivity index (χ1) is 16.5. The van der Waals surface area contributed by atoms with Crippen molar-refractivity contribution in [1.29, 1.82) is 5.41 Å². The highest BCUT2D eigenvalue weighted by Crippen LogP contribution is 2.36. The Morgan fingerprint density at radius 1 is 1.21 bits per heavy atom. The van der Waals surface area contributed by atoms with E-state index in [0.29, 0.717) is 18.2 Å². The summed E-state index contributed by atoms with van der Waals surface area (Å²) in [5.41, 5.74) is 3.54. The van der Waals surface area contributed by atoms with Crippen molar-refractivity contribution in [3.8, 4) is 0 Å². The lowest BCUT2D eigenvalue weighted by molar-refractivity contribution is 0.119. The van der Waals surface area contributed by atoms with Crippen LogP contribution in [0, 0.1) is 19.3 Å². The van der Waals surface area contributed by atoms with Crippen LogP contribution >= 0.6 is 0 Å². The zero-order valence-corrected chi connectivity index (χ0v) is 20.1. The molecule has 4 rings (SSSR count). The van der Waals surface area contributed by atoms with Gasteiger partial charge in [-0.25, -0.2) is 14.4 Å². The van der Waals surface area contributed by atoms with Crippen LogP contribution in [-0.4, -0.2) is 52.9 Å². The molecule has 1 aromatic heterocycles. The number of hydrogen-bond donors (Lipinski definition) is 3. The molecule has 3 N–H and O–H groups in total. The molecule has 2 aliphatic rings. The Morgan fingerprint density at radius 2 is 2.03 bits per heavy atom. The van der Waals surface area contributed by atoms with E-state index in [-0.39, 0.29) is 12.0 Å². The highest BCUT2D eigenvalue weighted by molar-refractivity contribution is 5.88. The molecular formula is C27H35FN6. The summed E-state index contributed by atoms with van der Waals surface area (Å²) in [6, 6.07) is 6.15. The standard InChI is InChI=1S/C27H35FN6/c1-4-5-11-34-12-10-22(24(28)17-34)23-14-25(20(16-29)13-18(23)2)33-27-15-26(30-19(3)31-27)32-21-8-6-7-9-21/h4,6,8,13-16,21-22,24,29H,1,5,7,9-12,17H2,2-3H3,(H2,30,31,32,33). The van der Waals surface area contributed by atoms with Crippen LogP contribution in [0.15, 0.2) is 43.0 Å². The molecule has 0 amide bonds. The van der Waals surface area contributed by atoms with Crippen LogP contribution in [0.3, 0.4) is 0 Å². The van der Waals surface area contributed by atoms with Crippen LogP contribution in [0.1, 0.15) is 54.1 Å². The molecule has 3 unspecified atom stereocenters.